The van der Waals surface area contributed by atoms with Crippen molar-refractivity contribution in [2.75, 3.05) is 0 Å². The molecule has 0 aliphatic heterocycles. The van der Waals surface area contributed by atoms with E-state index >= 15 is 0 Å². The predicted octanol–water partition coefficient (Wildman–Crippen LogP) is 3.83. The molecule has 9 nitrogen and oxygen atoms in total. The van der Waals surface area contributed by atoms with Gasteiger partial charge in [0.15, 0.2) is 23.3 Å². The number of hydrogen-bond acceptors (Lipinski definition) is 7. The molecule has 0 bridgehead atoms. The lowest BCUT2D eigenvalue weighted by Crippen LogP contribution is -2.15. The van der Waals surface area contributed by atoms with E-state index in [9.17, 15) is 27.2 Å². The second-order valence-corrected chi connectivity index (χ2v) is 6.00. The lowest BCUT2D eigenvalue weighted by molar-refractivity contribution is 0.0658. The first-order chi connectivity index (χ1) is 15.7. The first-order valence-electron chi connectivity index (χ1n) is 8.69. The summed E-state index contributed by atoms with van der Waals surface area (Å²) in [5.41, 5.74) is -2.04. The van der Waals surface area contributed by atoms with Crippen molar-refractivity contribution in [2.24, 2.45) is 0 Å². The molecule has 0 radical (unpaired) electrons. The minimum Gasteiger partial charge on any atom is -0.477 e. The molecule has 0 atom stereocenters. The molecule has 0 amide bonds. The summed E-state index contributed by atoms with van der Waals surface area (Å²) in [6, 6.07) is 7.29. The van der Waals surface area contributed by atoms with Crippen LogP contribution in [0.25, 0.3) is 22.9 Å². The van der Waals surface area contributed by atoms with Crippen molar-refractivity contribution >= 4 is 11.9 Å². The number of nitrogens with zero attached hydrogens (tertiary/aromatic N) is 4. The average molecular weight is 462 g/mol. The van der Waals surface area contributed by atoms with Crippen LogP contribution in [0.4, 0.5) is 17.6 Å². The van der Waals surface area contributed by atoms with E-state index in [1.807, 2.05) is 24.3 Å². The number of benzene rings is 1. The van der Waals surface area contributed by atoms with Gasteiger partial charge in [-0.3, -0.25) is 9.97 Å². The third kappa shape index (κ3) is 4.81. The zero-order valence-corrected chi connectivity index (χ0v) is 16.0. The summed E-state index contributed by atoms with van der Waals surface area (Å²) >= 11 is 0. The fraction of sp³-hybridized carbons (Fsp3) is 0. The average Bonchev–Trinajstić information content (AvgIpc) is 3.30. The number of halogens is 4. The van der Waals surface area contributed by atoms with Gasteiger partial charge >= 0.3 is 11.9 Å². The minimum absolute atomic E-state index is 0.485. The van der Waals surface area contributed by atoms with Gasteiger partial charge in [-0.1, -0.05) is 0 Å². The topological polar surface area (TPSA) is 139 Å². The van der Waals surface area contributed by atoms with Crippen LogP contribution in [0.3, 0.4) is 0 Å². The highest BCUT2D eigenvalue weighted by molar-refractivity contribution is 5.92. The molecule has 0 spiro atoms. The summed E-state index contributed by atoms with van der Waals surface area (Å²) in [6.45, 7) is 0. The van der Waals surface area contributed by atoms with E-state index in [1.165, 1.54) is 0 Å². The summed E-state index contributed by atoms with van der Waals surface area (Å²) in [4.78, 5) is 28.4. The highest BCUT2D eigenvalue weighted by atomic mass is 19.2. The van der Waals surface area contributed by atoms with E-state index in [2.05, 4.69) is 20.2 Å². The van der Waals surface area contributed by atoms with E-state index in [0.29, 0.717) is 11.8 Å². The second kappa shape index (κ2) is 9.64. The van der Waals surface area contributed by atoms with Gasteiger partial charge in [-0.05, 0) is 24.3 Å². The Morgan fingerprint density at radius 3 is 1.21 bits per heavy atom. The SMILES string of the molecule is O=C(O)c1c(F)c(F)c(C(=O)O)c(F)c1F.c1cc(-c2nnc(-c3ccncc3)o2)ccn1. The van der Waals surface area contributed by atoms with Crippen LogP contribution in [0.15, 0.2) is 53.5 Å². The number of aromatic carboxylic acids is 2. The zero-order valence-electron chi connectivity index (χ0n) is 16.0. The van der Waals surface area contributed by atoms with E-state index < -0.39 is 46.3 Å². The molecule has 3 heterocycles. The molecular weight excluding hydrogens is 452 g/mol. The Morgan fingerprint density at radius 2 is 0.939 bits per heavy atom. The van der Waals surface area contributed by atoms with Gasteiger partial charge in [0.05, 0.1) is 0 Å². The van der Waals surface area contributed by atoms with Gasteiger partial charge in [0.25, 0.3) is 0 Å². The van der Waals surface area contributed by atoms with Gasteiger partial charge in [-0.2, -0.15) is 0 Å². The summed E-state index contributed by atoms with van der Waals surface area (Å²) in [7, 11) is 0. The van der Waals surface area contributed by atoms with Crippen molar-refractivity contribution in [3.8, 4) is 22.9 Å². The van der Waals surface area contributed by atoms with Crippen molar-refractivity contribution in [2.45, 2.75) is 0 Å². The van der Waals surface area contributed by atoms with Crippen molar-refractivity contribution in [1.82, 2.24) is 20.2 Å². The molecule has 1 aromatic carbocycles. The van der Waals surface area contributed by atoms with E-state index in [1.54, 1.807) is 24.8 Å². The number of rotatable bonds is 4. The van der Waals surface area contributed by atoms with Crippen molar-refractivity contribution in [1.29, 1.82) is 0 Å². The molecule has 33 heavy (non-hydrogen) atoms. The Hall–Kier alpha value is -4.68. The van der Waals surface area contributed by atoms with Crippen LogP contribution >= 0.6 is 0 Å². The molecule has 13 heteroatoms. The minimum atomic E-state index is -2.26. The summed E-state index contributed by atoms with van der Waals surface area (Å²) in [6.07, 6.45) is 6.74. The molecule has 0 aliphatic carbocycles. The quantitative estimate of drug-likeness (QED) is 0.342. The Balaban J connectivity index is 0.000000186. The third-order valence-corrected chi connectivity index (χ3v) is 3.97. The molecule has 168 valence electrons. The molecule has 0 fully saturated rings. The Kier molecular flexibility index (Phi) is 6.71. The largest absolute Gasteiger partial charge is 0.477 e. The monoisotopic (exact) mass is 462 g/mol. The highest BCUT2D eigenvalue weighted by Gasteiger charge is 2.32. The van der Waals surface area contributed by atoms with E-state index in [0.717, 1.165) is 11.1 Å². The molecule has 2 N–H and O–H groups in total. The third-order valence-electron chi connectivity index (χ3n) is 3.97. The lowest BCUT2D eigenvalue weighted by atomic mass is 10.1. The number of carboxylic acid groups (broad SMARTS) is 2. The van der Waals surface area contributed by atoms with E-state index in [-0.39, 0.29) is 0 Å². The lowest BCUT2D eigenvalue weighted by Gasteiger charge is -2.05. The van der Waals surface area contributed by atoms with Crippen molar-refractivity contribution in [3.63, 3.8) is 0 Å². The van der Waals surface area contributed by atoms with Gasteiger partial charge in [0.1, 0.15) is 11.1 Å². The molecule has 0 unspecified atom stereocenters. The Morgan fingerprint density at radius 1 is 0.636 bits per heavy atom. The van der Waals surface area contributed by atoms with Crippen LogP contribution in [0, 0.1) is 23.3 Å². The van der Waals surface area contributed by atoms with Gasteiger partial charge < -0.3 is 14.6 Å². The van der Waals surface area contributed by atoms with Crippen LogP contribution in [0.1, 0.15) is 20.7 Å². The maximum Gasteiger partial charge on any atom is 0.341 e. The highest BCUT2D eigenvalue weighted by Crippen LogP contribution is 2.24. The first kappa shape index (κ1) is 23.0. The number of aromatic nitrogens is 4. The van der Waals surface area contributed by atoms with E-state index in [4.69, 9.17) is 14.6 Å². The van der Waals surface area contributed by atoms with Gasteiger partial charge in [0.2, 0.25) is 11.8 Å². The molecule has 3 aromatic heterocycles. The second-order valence-electron chi connectivity index (χ2n) is 6.00. The molecular formula is C20H10F4N4O5. The van der Waals surface area contributed by atoms with Crippen LogP contribution in [0.5, 0.6) is 0 Å². The van der Waals surface area contributed by atoms with Gasteiger partial charge in [0, 0.05) is 35.9 Å². The molecule has 4 rings (SSSR count). The Bertz CT molecular complexity index is 1190. The van der Waals surface area contributed by atoms with Crippen molar-refractivity contribution in [3.05, 3.63) is 83.4 Å². The van der Waals surface area contributed by atoms with Gasteiger partial charge in [-0.25, -0.2) is 27.2 Å². The van der Waals surface area contributed by atoms with Crippen LogP contribution in [-0.2, 0) is 0 Å². The number of hydrogen-bond donors (Lipinski definition) is 2. The zero-order chi connectivity index (χ0) is 24.1. The number of pyridine rings is 2. The van der Waals surface area contributed by atoms with Crippen LogP contribution in [0.2, 0.25) is 0 Å². The van der Waals surface area contributed by atoms with Crippen LogP contribution < -0.4 is 0 Å². The maximum atomic E-state index is 12.9. The fourth-order valence-electron chi connectivity index (χ4n) is 2.45. The Labute approximate surface area is 181 Å². The summed E-state index contributed by atoms with van der Waals surface area (Å²) < 4.78 is 57.1. The normalized spacial score (nSPS) is 10.3. The smallest absolute Gasteiger partial charge is 0.341 e. The van der Waals surface area contributed by atoms with Crippen molar-refractivity contribution < 1.29 is 41.8 Å². The first-order valence-corrected chi connectivity index (χ1v) is 8.69. The maximum absolute atomic E-state index is 12.9. The fourth-order valence-corrected chi connectivity index (χ4v) is 2.45. The van der Waals surface area contributed by atoms with Crippen LogP contribution in [-0.4, -0.2) is 42.3 Å². The molecule has 4 aromatic rings. The summed E-state index contributed by atoms with van der Waals surface area (Å²) in [5.74, 6) is -12.6. The molecule has 0 saturated carbocycles. The molecule has 0 saturated heterocycles. The predicted molar refractivity (Wildman–Crippen MR) is 101 cm³/mol. The summed E-state index contributed by atoms with van der Waals surface area (Å²) in [5, 5.41) is 24.5. The number of carboxylic acids is 2. The molecule has 0 aliphatic rings. The van der Waals surface area contributed by atoms with Gasteiger partial charge in [-0.15, -0.1) is 10.2 Å². The standard InChI is InChI=1S/C12H8N4O.C8H2F4O4/c1-5-13-6-2-9(1)11-15-16-12(17-11)10-3-7-14-8-4-10;9-3-1(7(13)14)4(10)6(12)2(5(3)11)8(15)16/h1-8H;(H,13,14)(H,15,16). The number of carbonyl (C=O) groups is 2.